The van der Waals surface area contributed by atoms with Gasteiger partial charge in [-0.3, -0.25) is 4.79 Å². The highest BCUT2D eigenvalue weighted by molar-refractivity contribution is 6.01. The van der Waals surface area contributed by atoms with Crippen LogP contribution in [0.1, 0.15) is 54.9 Å². The maximum Gasteiger partial charge on any atom is 0.344 e. The van der Waals surface area contributed by atoms with Crippen molar-refractivity contribution in [2.45, 2.75) is 46.5 Å². The first kappa shape index (κ1) is 18.9. The Morgan fingerprint density at radius 3 is 2.50 bits per heavy atom. The molecule has 1 unspecified atom stereocenters. The number of aryl methyl sites for hydroxylation is 2. The molecule has 30 heavy (non-hydrogen) atoms. The minimum Gasteiger partial charge on any atom is -0.460 e. The lowest BCUT2D eigenvalue weighted by molar-refractivity contribution is -0.118. The monoisotopic (exact) mass is 400 g/mol. The third-order valence-electron chi connectivity index (χ3n) is 6.34. The second kappa shape index (κ2) is 6.43. The van der Waals surface area contributed by atoms with Gasteiger partial charge in [-0.25, -0.2) is 4.79 Å². The first-order chi connectivity index (χ1) is 14.2. The van der Waals surface area contributed by atoms with Crippen LogP contribution in [0, 0.1) is 19.3 Å². The predicted octanol–water partition coefficient (Wildman–Crippen LogP) is 5.58. The minimum absolute atomic E-state index is 0.0442. The van der Waals surface area contributed by atoms with Gasteiger partial charge in [-0.1, -0.05) is 44.2 Å². The summed E-state index contributed by atoms with van der Waals surface area (Å²) in [4.78, 5) is 26.4. The van der Waals surface area contributed by atoms with Crippen molar-refractivity contribution in [3.63, 3.8) is 0 Å². The summed E-state index contributed by atoms with van der Waals surface area (Å²) >= 11 is 0. The number of carbonyl (C=O) groups excluding carboxylic acids is 1. The van der Waals surface area contributed by atoms with Crippen LogP contribution in [0.15, 0.2) is 63.0 Å². The maximum absolute atomic E-state index is 13.3. The first-order valence-electron chi connectivity index (χ1n) is 10.3. The molecule has 1 atom stereocenters. The van der Waals surface area contributed by atoms with E-state index in [0.29, 0.717) is 41.1 Å². The van der Waals surface area contributed by atoms with Crippen LogP contribution in [0.3, 0.4) is 0 Å². The minimum atomic E-state index is -0.479. The third-order valence-corrected chi connectivity index (χ3v) is 6.34. The van der Waals surface area contributed by atoms with Crippen molar-refractivity contribution in [3.05, 3.63) is 86.5 Å². The van der Waals surface area contributed by atoms with Gasteiger partial charge in [0.25, 0.3) is 0 Å². The molecule has 0 fully saturated rings. The van der Waals surface area contributed by atoms with Crippen LogP contribution in [0.2, 0.25) is 0 Å². The zero-order valence-corrected chi connectivity index (χ0v) is 17.7. The van der Waals surface area contributed by atoms with Crippen LogP contribution >= 0.6 is 0 Å². The molecule has 4 heteroatoms. The number of Topliss-reactive ketones (excluding diaryl/α,β-unsaturated/α-hetero) is 1. The molecule has 3 aromatic rings. The van der Waals surface area contributed by atoms with Gasteiger partial charge < -0.3 is 9.15 Å². The molecule has 2 aliphatic rings. The van der Waals surface area contributed by atoms with Crippen molar-refractivity contribution in [3.8, 4) is 5.75 Å². The van der Waals surface area contributed by atoms with Gasteiger partial charge in [0, 0.05) is 18.4 Å². The molecule has 2 heterocycles. The van der Waals surface area contributed by atoms with E-state index in [4.69, 9.17) is 9.15 Å². The van der Waals surface area contributed by atoms with E-state index in [-0.39, 0.29) is 11.2 Å². The smallest absolute Gasteiger partial charge is 0.344 e. The quantitative estimate of drug-likeness (QED) is 0.501. The zero-order valence-electron chi connectivity index (χ0n) is 17.7. The molecule has 2 aromatic carbocycles. The molecule has 152 valence electrons. The average Bonchev–Trinajstić information content (AvgIpc) is 2.68. The Bertz CT molecular complexity index is 1310. The molecule has 1 aliphatic carbocycles. The second-order valence-electron chi connectivity index (χ2n) is 9.29. The third kappa shape index (κ3) is 2.82. The van der Waals surface area contributed by atoms with Crippen molar-refractivity contribution >= 4 is 16.8 Å². The van der Waals surface area contributed by atoms with Crippen LogP contribution in [0.4, 0.5) is 0 Å². The fraction of sp³-hybridized carbons (Fsp3) is 0.308. The summed E-state index contributed by atoms with van der Waals surface area (Å²) in [5.41, 5.74) is 4.10. The van der Waals surface area contributed by atoms with Gasteiger partial charge in [0.1, 0.15) is 17.1 Å². The Morgan fingerprint density at radius 2 is 1.73 bits per heavy atom. The van der Waals surface area contributed by atoms with Crippen molar-refractivity contribution in [1.82, 2.24) is 0 Å². The number of fused-ring (bicyclic) bond motifs is 3. The van der Waals surface area contributed by atoms with E-state index in [2.05, 4.69) is 26.8 Å². The van der Waals surface area contributed by atoms with E-state index in [9.17, 15) is 9.59 Å². The summed E-state index contributed by atoms with van der Waals surface area (Å²) in [6, 6.07) is 13.5. The molecule has 0 radical (unpaired) electrons. The summed E-state index contributed by atoms with van der Waals surface area (Å²) < 4.78 is 12.0. The molecule has 5 rings (SSSR count). The van der Waals surface area contributed by atoms with Crippen molar-refractivity contribution in [2.24, 2.45) is 5.41 Å². The standard InChI is InChI=1S/C26H24O4/c1-14-9-10-16(11-15(14)2)21-22-18(27)12-26(3,4)13-20(22)29-24-17-7-5-6-8-19(17)30-25(28)23(21)24/h5-11,21H,12-13H2,1-4H3. The van der Waals surface area contributed by atoms with Crippen LogP contribution < -0.4 is 10.4 Å². The fourth-order valence-corrected chi connectivity index (χ4v) is 4.73. The molecule has 0 amide bonds. The molecule has 0 N–H and O–H groups in total. The highest BCUT2D eigenvalue weighted by Crippen LogP contribution is 2.50. The Balaban J connectivity index is 1.85. The number of allylic oxidation sites excluding steroid dienone is 2. The second-order valence-corrected chi connectivity index (χ2v) is 9.29. The van der Waals surface area contributed by atoms with Gasteiger partial charge in [0.15, 0.2) is 5.78 Å². The number of rotatable bonds is 1. The van der Waals surface area contributed by atoms with E-state index in [1.54, 1.807) is 6.07 Å². The highest BCUT2D eigenvalue weighted by atomic mass is 16.5. The Kier molecular flexibility index (Phi) is 4.04. The van der Waals surface area contributed by atoms with Crippen molar-refractivity contribution in [1.29, 1.82) is 0 Å². The Hall–Kier alpha value is -3.14. The van der Waals surface area contributed by atoms with Gasteiger partial charge in [-0.15, -0.1) is 0 Å². The van der Waals surface area contributed by atoms with Gasteiger partial charge in [0.2, 0.25) is 0 Å². The lowest BCUT2D eigenvalue weighted by Crippen LogP contribution is -2.34. The van der Waals surface area contributed by atoms with Gasteiger partial charge >= 0.3 is 5.63 Å². The normalized spacial score (nSPS) is 20.0. The molecule has 0 spiro atoms. The van der Waals surface area contributed by atoms with Crippen LogP contribution in [0.25, 0.3) is 11.0 Å². The van der Waals surface area contributed by atoms with Crippen LogP contribution in [0.5, 0.6) is 5.75 Å². The van der Waals surface area contributed by atoms with E-state index < -0.39 is 11.5 Å². The van der Waals surface area contributed by atoms with Gasteiger partial charge in [-0.2, -0.15) is 0 Å². The van der Waals surface area contributed by atoms with Crippen molar-refractivity contribution < 1.29 is 13.9 Å². The topological polar surface area (TPSA) is 56.5 Å². The summed E-state index contributed by atoms with van der Waals surface area (Å²) in [6.45, 7) is 8.26. The molecule has 4 nitrogen and oxygen atoms in total. The number of ketones is 1. The van der Waals surface area contributed by atoms with E-state index >= 15 is 0 Å². The number of hydrogen-bond donors (Lipinski definition) is 0. The van der Waals surface area contributed by atoms with E-state index in [1.165, 1.54) is 5.56 Å². The number of benzene rings is 2. The number of ether oxygens (including phenoxy) is 1. The van der Waals surface area contributed by atoms with E-state index in [0.717, 1.165) is 16.5 Å². The molecule has 1 aliphatic heterocycles. The maximum atomic E-state index is 13.3. The molecular weight excluding hydrogens is 376 g/mol. The number of para-hydroxylation sites is 1. The number of hydrogen-bond acceptors (Lipinski definition) is 4. The molecule has 1 aromatic heterocycles. The molecule has 0 saturated heterocycles. The average molecular weight is 400 g/mol. The van der Waals surface area contributed by atoms with E-state index in [1.807, 2.05) is 37.3 Å². The van der Waals surface area contributed by atoms with Crippen LogP contribution in [-0.4, -0.2) is 5.78 Å². The van der Waals surface area contributed by atoms with Gasteiger partial charge in [-0.05, 0) is 48.1 Å². The largest absolute Gasteiger partial charge is 0.460 e. The Labute approximate surface area is 175 Å². The summed E-state index contributed by atoms with van der Waals surface area (Å²) in [7, 11) is 0. The first-order valence-corrected chi connectivity index (χ1v) is 10.3. The summed E-state index contributed by atoms with van der Waals surface area (Å²) in [6.07, 6.45) is 1.09. The van der Waals surface area contributed by atoms with Gasteiger partial charge in [0.05, 0.1) is 16.9 Å². The Morgan fingerprint density at radius 1 is 0.967 bits per heavy atom. The molecule has 0 saturated carbocycles. The predicted molar refractivity (Wildman–Crippen MR) is 116 cm³/mol. The lowest BCUT2D eigenvalue weighted by Gasteiger charge is -2.38. The lowest BCUT2D eigenvalue weighted by atomic mass is 9.70. The SMILES string of the molecule is Cc1ccc(C2C3=C(CC(C)(C)CC3=O)Oc3c2c(=O)oc2ccccc32)cc1C. The van der Waals surface area contributed by atoms with Crippen molar-refractivity contribution in [2.75, 3.05) is 0 Å². The number of carbonyl (C=O) groups is 1. The zero-order chi connectivity index (χ0) is 21.2. The molecular formula is C26H24O4. The van der Waals surface area contributed by atoms with Crippen LogP contribution in [-0.2, 0) is 4.79 Å². The fourth-order valence-electron chi connectivity index (χ4n) is 4.73. The summed E-state index contributed by atoms with van der Waals surface area (Å²) in [5.74, 6) is 0.771. The molecule has 0 bridgehead atoms. The summed E-state index contributed by atoms with van der Waals surface area (Å²) in [5, 5.41) is 0.753. The highest BCUT2D eigenvalue weighted by Gasteiger charge is 2.44.